The van der Waals surface area contributed by atoms with Gasteiger partial charge >= 0.3 is 0 Å². The quantitative estimate of drug-likeness (QED) is 0.776. The number of hydrogen-bond donors (Lipinski definition) is 0. The third-order valence-corrected chi connectivity index (χ3v) is 4.01. The lowest BCUT2D eigenvalue weighted by Crippen LogP contribution is -1.84. The Morgan fingerprint density at radius 1 is 1.40 bits per heavy atom. The van der Waals surface area contributed by atoms with E-state index in [4.69, 9.17) is 11.6 Å². The van der Waals surface area contributed by atoms with Crippen LogP contribution >= 0.6 is 11.6 Å². The first-order chi connectivity index (χ1) is 9.76. The van der Waals surface area contributed by atoms with E-state index in [-0.39, 0.29) is 0 Å². The summed E-state index contributed by atoms with van der Waals surface area (Å²) in [7, 11) is 0. The van der Waals surface area contributed by atoms with Crippen LogP contribution in [0.4, 0.5) is 0 Å². The number of fused-ring (bicyclic) bond motifs is 1. The molecule has 0 aliphatic heterocycles. The normalized spacial score (nSPS) is 22.6. The van der Waals surface area contributed by atoms with Crippen molar-refractivity contribution in [2.45, 2.75) is 25.6 Å². The van der Waals surface area contributed by atoms with Crippen LogP contribution < -0.4 is 0 Å². The summed E-state index contributed by atoms with van der Waals surface area (Å²) in [6.45, 7) is 2.17. The number of aromatic nitrogens is 2. The second-order valence-electron chi connectivity index (χ2n) is 5.39. The summed E-state index contributed by atoms with van der Waals surface area (Å²) in [5, 5.41) is 3.32. The van der Waals surface area contributed by atoms with Gasteiger partial charge in [0.2, 0.25) is 5.89 Å². The third kappa shape index (κ3) is 3.10. The van der Waals surface area contributed by atoms with Gasteiger partial charge in [0.25, 0.3) is 0 Å². The fourth-order valence-corrected chi connectivity index (χ4v) is 2.75. The van der Waals surface area contributed by atoms with Crippen molar-refractivity contribution in [1.82, 2.24) is 10.1 Å². The number of halogens is 1. The van der Waals surface area contributed by atoms with Gasteiger partial charge in [-0.05, 0) is 42.7 Å². The molecule has 2 aliphatic rings. The van der Waals surface area contributed by atoms with Crippen molar-refractivity contribution < 1.29 is 4.52 Å². The molecule has 1 aromatic heterocycles. The molecule has 1 aromatic carbocycles. The Morgan fingerprint density at radius 2 is 2.30 bits per heavy atom. The molecular weight excluding hydrogens is 272 g/mol. The molecule has 4 heteroatoms. The fraction of sp³-hybridized carbons (Fsp3) is 0.375. The lowest BCUT2D eigenvalue weighted by Gasteiger charge is -2.04. The molecule has 0 saturated heterocycles. The van der Waals surface area contributed by atoms with E-state index in [9.17, 15) is 0 Å². The van der Waals surface area contributed by atoms with Crippen molar-refractivity contribution in [3.63, 3.8) is 0 Å². The van der Waals surface area contributed by atoms with Crippen LogP contribution in [0.15, 0.2) is 41.2 Å². The first kappa shape index (κ1) is 13.4. The van der Waals surface area contributed by atoms with Crippen molar-refractivity contribution >= 4 is 17.2 Å². The Kier molecular flexibility index (Phi) is 3.88. The van der Waals surface area contributed by atoms with Crippen LogP contribution in [0.3, 0.4) is 0 Å². The van der Waals surface area contributed by atoms with E-state index in [1.165, 1.54) is 30.3 Å². The van der Waals surface area contributed by atoms with E-state index in [0.717, 1.165) is 11.8 Å². The van der Waals surface area contributed by atoms with Crippen LogP contribution in [0.5, 0.6) is 0 Å². The maximum absolute atomic E-state index is 5.27. The highest BCUT2D eigenvalue weighted by atomic mass is 35.5. The van der Waals surface area contributed by atoms with Crippen molar-refractivity contribution in [2.75, 3.05) is 0 Å². The van der Waals surface area contributed by atoms with Crippen molar-refractivity contribution in [1.29, 1.82) is 0 Å². The van der Waals surface area contributed by atoms with Gasteiger partial charge in [-0.15, -0.1) is 11.6 Å². The predicted molar refractivity (Wildman–Crippen MR) is 79.2 cm³/mol. The monoisotopic (exact) mass is 288 g/mol. The zero-order valence-electron chi connectivity index (χ0n) is 11.4. The number of alkyl halides is 1. The number of rotatable bonds is 2. The number of hydrogen-bond acceptors (Lipinski definition) is 3. The molecule has 20 heavy (non-hydrogen) atoms. The number of aryl methyl sites for hydroxylation is 1. The molecule has 2 atom stereocenters. The van der Waals surface area contributed by atoms with Gasteiger partial charge in [0, 0.05) is 0 Å². The van der Waals surface area contributed by atoms with Gasteiger partial charge < -0.3 is 4.52 Å². The fourth-order valence-electron chi connectivity index (χ4n) is 2.63. The summed E-state index contributed by atoms with van der Waals surface area (Å²) in [6.07, 6.45) is 6.58. The van der Waals surface area contributed by atoms with Crippen LogP contribution in [0.25, 0.3) is 5.57 Å². The highest BCUT2D eigenvalue weighted by Crippen LogP contribution is 2.52. The Balaban J connectivity index is 0.000000147. The molecule has 0 amide bonds. The van der Waals surface area contributed by atoms with Gasteiger partial charge in [-0.3, -0.25) is 0 Å². The van der Waals surface area contributed by atoms with Gasteiger partial charge in [-0.1, -0.05) is 41.1 Å². The highest BCUT2D eigenvalue weighted by molar-refractivity contribution is 6.16. The van der Waals surface area contributed by atoms with Crippen LogP contribution in [0.1, 0.15) is 29.9 Å². The molecule has 1 fully saturated rings. The summed E-state index contributed by atoms with van der Waals surface area (Å²) in [4.78, 5) is 3.62. The van der Waals surface area contributed by atoms with Gasteiger partial charge in [0.05, 0.1) is 0 Å². The summed E-state index contributed by atoms with van der Waals surface area (Å²) < 4.78 is 4.49. The van der Waals surface area contributed by atoms with Crippen molar-refractivity contribution in [2.24, 2.45) is 11.8 Å². The first-order valence-corrected chi connectivity index (χ1v) is 7.39. The van der Waals surface area contributed by atoms with E-state index in [1.807, 2.05) is 0 Å². The molecule has 0 bridgehead atoms. The Labute approximate surface area is 123 Å². The summed E-state index contributed by atoms with van der Waals surface area (Å²) >= 11 is 5.27. The smallest absolute Gasteiger partial charge is 0.241 e. The zero-order chi connectivity index (χ0) is 13.9. The summed E-state index contributed by atoms with van der Waals surface area (Å²) in [6, 6.07) is 8.87. The molecule has 2 unspecified atom stereocenters. The summed E-state index contributed by atoms with van der Waals surface area (Å²) in [5.74, 6) is 2.70. The van der Waals surface area contributed by atoms with E-state index in [1.54, 1.807) is 5.57 Å². The average Bonchev–Trinajstić information content (AvgIpc) is 2.91. The molecule has 2 aromatic rings. The van der Waals surface area contributed by atoms with Crippen LogP contribution in [0, 0.1) is 18.8 Å². The topological polar surface area (TPSA) is 38.9 Å². The maximum Gasteiger partial charge on any atom is 0.241 e. The Morgan fingerprint density at radius 3 is 2.85 bits per heavy atom. The van der Waals surface area contributed by atoms with Crippen molar-refractivity contribution in [3.05, 3.63) is 53.7 Å². The maximum atomic E-state index is 5.27. The van der Waals surface area contributed by atoms with Gasteiger partial charge in [0.1, 0.15) is 5.88 Å². The Bertz CT molecular complexity index is 607. The average molecular weight is 289 g/mol. The number of nitrogens with zero attached hydrogens (tertiary/aromatic N) is 2. The van der Waals surface area contributed by atoms with Gasteiger partial charge in [-0.25, -0.2) is 0 Å². The number of allylic oxidation sites excluding steroid dienone is 2. The van der Waals surface area contributed by atoms with Gasteiger partial charge in [0.15, 0.2) is 6.33 Å². The molecule has 0 N–H and O–H groups in total. The largest absolute Gasteiger partial charge is 0.338 e. The van der Waals surface area contributed by atoms with E-state index in [2.05, 4.69) is 51.9 Å². The second-order valence-corrected chi connectivity index (χ2v) is 5.66. The molecule has 0 radical (unpaired) electrons. The minimum atomic E-state index is 0.292. The standard InChI is InChI=1S/C13H14.C3H3ClN2O/c1-9-3-2-4-10(5-9)11-6-12-8-13(12)7-11;4-1-3-5-2-6-7-3/h2-6,12-13H,7-8H2,1H3;2H,1H2. The minimum absolute atomic E-state index is 0.292. The molecular formula is C16H17ClN2O. The van der Waals surface area contributed by atoms with Crippen LogP contribution in [-0.2, 0) is 5.88 Å². The highest BCUT2D eigenvalue weighted by Gasteiger charge is 2.40. The molecule has 104 valence electrons. The van der Waals surface area contributed by atoms with Crippen molar-refractivity contribution in [3.8, 4) is 0 Å². The van der Waals surface area contributed by atoms with E-state index < -0.39 is 0 Å². The van der Waals surface area contributed by atoms with Crippen LogP contribution in [0.2, 0.25) is 0 Å². The second kappa shape index (κ2) is 5.80. The van der Waals surface area contributed by atoms with E-state index in [0.29, 0.717) is 11.8 Å². The number of benzene rings is 1. The van der Waals surface area contributed by atoms with Crippen LogP contribution in [-0.4, -0.2) is 10.1 Å². The van der Waals surface area contributed by atoms with E-state index >= 15 is 0 Å². The molecule has 0 spiro atoms. The summed E-state index contributed by atoms with van der Waals surface area (Å²) in [5.41, 5.74) is 4.41. The molecule has 1 saturated carbocycles. The lowest BCUT2D eigenvalue weighted by atomic mass is 10.0. The predicted octanol–water partition coefficient (Wildman–Crippen LogP) is 4.23. The molecule has 2 aliphatic carbocycles. The molecule has 1 heterocycles. The third-order valence-electron chi connectivity index (χ3n) is 3.78. The first-order valence-electron chi connectivity index (χ1n) is 6.85. The molecule has 4 rings (SSSR count). The molecule has 3 nitrogen and oxygen atoms in total. The Hall–Kier alpha value is -1.61. The minimum Gasteiger partial charge on any atom is -0.338 e. The zero-order valence-corrected chi connectivity index (χ0v) is 12.2. The lowest BCUT2D eigenvalue weighted by molar-refractivity contribution is 0.389. The SMILES string of the molecule is Cc1cccc(C2=CC3CC3C2)c1.ClCc1ncno1. The van der Waals surface area contributed by atoms with Gasteiger partial charge in [-0.2, -0.15) is 4.98 Å².